The number of hydrogen-bond acceptors (Lipinski definition) is 2. The molecule has 0 saturated carbocycles. The van der Waals surface area contributed by atoms with Crippen LogP contribution in [0.25, 0.3) is 0 Å². The number of rotatable bonds is 4. The molecule has 0 aliphatic heterocycles. The topological polar surface area (TPSA) is 35.2 Å². The fraction of sp³-hybridized carbons (Fsp3) is 0.538. The summed E-state index contributed by atoms with van der Waals surface area (Å²) in [6.45, 7) is 7.87. The Morgan fingerprint density at radius 1 is 1.31 bits per heavy atom. The largest absolute Gasteiger partial charge is 0.399 e. The number of benzene rings is 1. The van der Waals surface area contributed by atoms with E-state index in [4.69, 9.17) is 22.1 Å². The Labute approximate surface area is 103 Å². The van der Waals surface area contributed by atoms with Crippen molar-refractivity contribution in [2.75, 3.05) is 12.3 Å². The van der Waals surface area contributed by atoms with Gasteiger partial charge in [-0.1, -0.05) is 32.4 Å². The highest BCUT2D eigenvalue weighted by molar-refractivity contribution is 6.31. The average Bonchev–Trinajstić information content (AvgIpc) is 2.16. The van der Waals surface area contributed by atoms with E-state index in [2.05, 4.69) is 20.8 Å². The molecule has 0 heterocycles. The van der Waals surface area contributed by atoms with Gasteiger partial charge in [-0.3, -0.25) is 0 Å². The first-order valence-electron chi connectivity index (χ1n) is 5.50. The molecule has 0 aliphatic rings. The SMILES string of the molecule is CC(C)(C)CCOCc1cc(N)ccc1Cl. The number of hydrogen-bond donors (Lipinski definition) is 1. The molecule has 1 rings (SSSR count). The Kier molecular flexibility index (Phi) is 4.63. The van der Waals surface area contributed by atoms with Crippen molar-refractivity contribution in [3.05, 3.63) is 28.8 Å². The standard InChI is InChI=1S/C13H20ClNO/c1-13(2,3)6-7-16-9-10-8-11(15)4-5-12(10)14/h4-5,8H,6-7,9,15H2,1-3H3. The highest BCUT2D eigenvalue weighted by Gasteiger charge is 2.09. The summed E-state index contributed by atoms with van der Waals surface area (Å²) in [6.07, 6.45) is 1.03. The smallest absolute Gasteiger partial charge is 0.0732 e. The van der Waals surface area contributed by atoms with Gasteiger partial charge in [-0.05, 0) is 35.6 Å². The summed E-state index contributed by atoms with van der Waals surface area (Å²) in [5.74, 6) is 0. The van der Waals surface area contributed by atoms with Crippen molar-refractivity contribution in [1.82, 2.24) is 0 Å². The van der Waals surface area contributed by atoms with Gasteiger partial charge in [0.25, 0.3) is 0 Å². The zero-order valence-corrected chi connectivity index (χ0v) is 11.0. The van der Waals surface area contributed by atoms with Crippen LogP contribution in [-0.2, 0) is 11.3 Å². The van der Waals surface area contributed by atoms with Crippen molar-refractivity contribution in [3.8, 4) is 0 Å². The van der Waals surface area contributed by atoms with Gasteiger partial charge < -0.3 is 10.5 Å². The van der Waals surface area contributed by atoms with Crippen molar-refractivity contribution in [3.63, 3.8) is 0 Å². The molecule has 16 heavy (non-hydrogen) atoms. The second-order valence-electron chi connectivity index (χ2n) is 5.21. The molecule has 0 unspecified atom stereocenters. The van der Waals surface area contributed by atoms with E-state index in [1.54, 1.807) is 12.1 Å². The van der Waals surface area contributed by atoms with Crippen LogP contribution in [0.2, 0.25) is 5.02 Å². The van der Waals surface area contributed by atoms with Crippen LogP contribution < -0.4 is 5.73 Å². The van der Waals surface area contributed by atoms with E-state index in [-0.39, 0.29) is 0 Å². The minimum Gasteiger partial charge on any atom is -0.399 e. The highest BCUT2D eigenvalue weighted by Crippen LogP contribution is 2.21. The van der Waals surface area contributed by atoms with Crippen LogP contribution in [0.3, 0.4) is 0 Å². The van der Waals surface area contributed by atoms with E-state index in [9.17, 15) is 0 Å². The van der Waals surface area contributed by atoms with Gasteiger partial charge in [0.1, 0.15) is 0 Å². The minimum atomic E-state index is 0.305. The fourth-order valence-electron chi connectivity index (χ4n) is 1.27. The summed E-state index contributed by atoms with van der Waals surface area (Å²) >= 11 is 6.03. The Hall–Kier alpha value is -0.730. The van der Waals surface area contributed by atoms with Crippen LogP contribution in [0.1, 0.15) is 32.8 Å². The summed E-state index contributed by atoms with van der Waals surface area (Å²) in [4.78, 5) is 0. The third-order valence-electron chi connectivity index (χ3n) is 2.32. The molecule has 0 aromatic heterocycles. The quantitative estimate of drug-likeness (QED) is 0.642. The van der Waals surface area contributed by atoms with E-state index < -0.39 is 0 Å². The summed E-state index contributed by atoms with van der Waals surface area (Å²) in [7, 11) is 0. The lowest BCUT2D eigenvalue weighted by atomic mass is 9.93. The molecule has 0 spiro atoms. The predicted molar refractivity (Wildman–Crippen MR) is 69.6 cm³/mol. The molecule has 0 fully saturated rings. The predicted octanol–water partition coefficient (Wildman–Crippen LogP) is 3.88. The first-order chi connectivity index (χ1) is 7.38. The Morgan fingerprint density at radius 2 is 2.00 bits per heavy atom. The van der Waals surface area contributed by atoms with Crippen LogP contribution in [0, 0.1) is 5.41 Å². The van der Waals surface area contributed by atoms with E-state index in [0.29, 0.717) is 17.0 Å². The molecule has 0 atom stereocenters. The molecule has 2 N–H and O–H groups in total. The lowest BCUT2D eigenvalue weighted by Crippen LogP contribution is -2.09. The number of ether oxygens (including phenoxy) is 1. The van der Waals surface area contributed by atoms with E-state index in [1.165, 1.54) is 0 Å². The molecule has 0 amide bonds. The Morgan fingerprint density at radius 3 is 2.62 bits per heavy atom. The van der Waals surface area contributed by atoms with E-state index in [0.717, 1.165) is 24.3 Å². The highest BCUT2D eigenvalue weighted by atomic mass is 35.5. The van der Waals surface area contributed by atoms with Crippen molar-refractivity contribution in [1.29, 1.82) is 0 Å². The van der Waals surface area contributed by atoms with Gasteiger partial charge in [0.05, 0.1) is 6.61 Å². The fourth-order valence-corrected chi connectivity index (χ4v) is 1.44. The molecule has 0 saturated heterocycles. The number of anilines is 1. The van der Waals surface area contributed by atoms with Gasteiger partial charge in [-0.15, -0.1) is 0 Å². The van der Waals surface area contributed by atoms with Crippen LogP contribution in [0.5, 0.6) is 0 Å². The maximum atomic E-state index is 6.03. The lowest BCUT2D eigenvalue weighted by Gasteiger charge is -2.17. The van der Waals surface area contributed by atoms with Gasteiger partial charge in [-0.2, -0.15) is 0 Å². The molecule has 1 aromatic carbocycles. The summed E-state index contributed by atoms with van der Waals surface area (Å²) in [6, 6.07) is 5.46. The number of nitrogen functional groups attached to an aromatic ring is 1. The molecule has 1 aromatic rings. The Balaban J connectivity index is 2.40. The van der Waals surface area contributed by atoms with Crippen molar-refractivity contribution in [2.24, 2.45) is 5.41 Å². The van der Waals surface area contributed by atoms with Crippen molar-refractivity contribution in [2.45, 2.75) is 33.8 Å². The maximum Gasteiger partial charge on any atom is 0.0732 e. The minimum absolute atomic E-state index is 0.305. The van der Waals surface area contributed by atoms with Gasteiger partial charge in [0.2, 0.25) is 0 Å². The molecular formula is C13H20ClNO. The molecule has 90 valence electrons. The van der Waals surface area contributed by atoms with Crippen molar-refractivity contribution >= 4 is 17.3 Å². The lowest BCUT2D eigenvalue weighted by molar-refractivity contribution is 0.0963. The van der Waals surface area contributed by atoms with Gasteiger partial charge in [-0.25, -0.2) is 0 Å². The normalized spacial score (nSPS) is 11.8. The van der Waals surface area contributed by atoms with Crippen LogP contribution >= 0.6 is 11.6 Å². The summed E-state index contributed by atoms with van der Waals surface area (Å²) in [5.41, 5.74) is 7.67. The maximum absolute atomic E-state index is 6.03. The summed E-state index contributed by atoms with van der Waals surface area (Å²) < 4.78 is 5.59. The molecule has 0 bridgehead atoms. The summed E-state index contributed by atoms with van der Waals surface area (Å²) in [5, 5.41) is 0.713. The van der Waals surface area contributed by atoms with Gasteiger partial charge in [0, 0.05) is 17.3 Å². The monoisotopic (exact) mass is 241 g/mol. The van der Waals surface area contributed by atoms with Crippen LogP contribution in [0.4, 0.5) is 5.69 Å². The average molecular weight is 242 g/mol. The third kappa shape index (κ3) is 4.86. The van der Waals surface area contributed by atoms with Crippen LogP contribution in [-0.4, -0.2) is 6.61 Å². The molecule has 0 aliphatic carbocycles. The van der Waals surface area contributed by atoms with Gasteiger partial charge in [0.15, 0.2) is 0 Å². The van der Waals surface area contributed by atoms with Crippen LogP contribution in [0.15, 0.2) is 18.2 Å². The van der Waals surface area contributed by atoms with E-state index in [1.807, 2.05) is 6.07 Å². The molecular weight excluding hydrogens is 222 g/mol. The Bertz CT molecular complexity index is 344. The zero-order valence-electron chi connectivity index (χ0n) is 10.2. The zero-order chi connectivity index (χ0) is 12.2. The molecule has 3 heteroatoms. The second kappa shape index (κ2) is 5.55. The molecule has 0 radical (unpaired) electrons. The van der Waals surface area contributed by atoms with Crippen molar-refractivity contribution < 1.29 is 4.74 Å². The first-order valence-corrected chi connectivity index (χ1v) is 5.88. The third-order valence-corrected chi connectivity index (χ3v) is 2.69. The molecule has 2 nitrogen and oxygen atoms in total. The van der Waals surface area contributed by atoms with E-state index >= 15 is 0 Å². The number of halogens is 1. The second-order valence-corrected chi connectivity index (χ2v) is 5.62. The first kappa shape index (κ1) is 13.3. The van der Waals surface area contributed by atoms with Gasteiger partial charge >= 0.3 is 0 Å². The number of nitrogens with two attached hydrogens (primary N) is 1.